The van der Waals surface area contributed by atoms with Crippen LogP contribution in [0, 0.1) is 5.82 Å². The highest BCUT2D eigenvalue weighted by atomic mass is 32.1. The van der Waals surface area contributed by atoms with Gasteiger partial charge in [0.2, 0.25) is 5.89 Å². The Morgan fingerprint density at radius 3 is 2.89 bits per heavy atom. The van der Waals surface area contributed by atoms with E-state index in [0.717, 1.165) is 23.3 Å². The van der Waals surface area contributed by atoms with E-state index in [0.29, 0.717) is 29.1 Å². The molecule has 0 bridgehead atoms. The molecule has 28 heavy (non-hydrogen) atoms. The van der Waals surface area contributed by atoms with Gasteiger partial charge < -0.3 is 9.32 Å². The summed E-state index contributed by atoms with van der Waals surface area (Å²) in [6.07, 6.45) is 1.74. The van der Waals surface area contributed by atoms with E-state index in [9.17, 15) is 9.18 Å². The van der Waals surface area contributed by atoms with Crippen LogP contribution in [0.5, 0.6) is 0 Å². The molecule has 1 saturated heterocycles. The molecule has 1 amide bonds. The van der Waals surface area contributed by atoms with Gasteiger partial charge >= 0.3 is 0 Å². The first-order chi connectivity index (χ1) is 13.7. The van der Waals surface area contributed by atoms with Crippen molar-refractivity contribution in [2.24, 2.45) is 0 Å². The third-order valence-corrected chi connectivity index (χ3v) is 5.98. The summed E-state index contributed by atoms with van der Waals surface area (Å²) in [4.78, 5) is 20.0. The van der Waals surface area contributed by atoms with Gasteiger partial charge in [0.05, 0.1) is 4.88 Å². The van der Waals surface area contributed by atoms with Gasteiger partial charge in [-0.2, -0.15) is 0 Å². The first-order valence-electron chi connectivity index (χ1n) is 9.20. The molecule has 3 heterocycles. The van der Waals surface area contributed by atoms with Crippen molar-refractivity contribution in [2.75, 3.05) is 6.54 Å². The SMILES string of the molecule is O=C(c1cccs1)N1CCC[C@H]1c1nc2cc(-c3ccccc3F)ccc2o1. The molecular weight excluding hydrogens is 375 g/mol. The third kappa shape index (κ3) is 2.90. The van der Waals surface area contributed by atoms with E-state index in [4.69, 9.17) is 4.42 Å². The number of carbonyl (C=O) groups excluding carboxylic acids is 1. The zero-order chi connectivity index (χ0) is 19.1. The minimum absolute atomic E-state index is 0.0202. The van der Waals surface area contributed by atoms with Crippen molar-refractivity contribution in [2.45, 2.75) is 18.9 Å². The summed E-state index contributed by atoms with van der Waals surface area (Å²) in [5.74, 6) is 0.295. The molecule has 0 saturated carbocycles. The van der Waals surface area contributed by atoms with Gasteiger partial charge in [-0.3, -0.25) is 4.79 Å². The van der Waals surface area contributed by atoms with Crippen LogP contribution in [0.3, 0.4) is 0 Å². The number of aromatic nitrogens is 1. The van der Waals surface area contributed by atoms with Crippen molar-refractivity contribution in [1.29, 1.82) is 0 Å². The number of fused-ring (bicyclic) bond motifs is 1. The third-order valence-electron chi connectivity index (χ3n) is 5.12. The number of hydrogen-bond acceptors (Lipinski definition) is 4. The number of carbonyl (C=O) groups is 1. The molecule has 4 nitrogen and oxygen atoms in total. The normalized spacial score (nSPS) is 16.8. The van der Waals surface area contributed by atoms with E-state index in [1.165, 1.54) is 17.4 Å². The largest absolute Gasteiger partial charge is 0.438 e. The van der Waals surface area contributed by atoms with Gasteiger partial charge in [0.25, 0.3) is 5.91 Å². The van der Waals surface area contributed by atoms with Gasteiger partial charge in [-0.05, 0) is 48.1 Å². The minimum Gasteiger partial charge on any atom is -0.438 e. The molecule has 2 aromatic heterocycles. The molecule has 5 rings (SSSR count). The van der Waals surface area contributed by atoms with Gasteiger partial charge in [-0.25, -0.2) is 9.37 Å². The lowest BCUT2D eigenvalue weighted by Gasteiger charge is -2.21. The van der Waals surface area contributed by atoms with E-state index < -0.39 is 0 Å². The molecule has 1 aliphatic rings. The van der Waals surface area contributed by atoms with E-state index in [2.05, 4.69) is 4.98 Å². The van der Waals surface area contributed by atoms with E-state index in [-0.39, 0.29) is 17.8 Å². The summed E-state index contributed by atoms with van der Waals surface area (Å²) in [6, 6.07) is 15.7. The zero-order valence-electron chi connectivity index (χ0n) is 15.0. The molecular formula is C22H17FN2O2S. The second-order valence-corrected chi connectivity index (χ2v) is 7.80. The fraction of sp³-hybridized carbons (Fsp3) is 0.182. The van der Waals surface area contributed by atoms with Gasteiger partial charge in [0.1, 0.15) is 17.4 Å². The van der Waals surface area contributed by atoms with Crippen LogP contribution in [-0.2, 0) is 0 Å². The Labute approximate surface area is 165 Å². The van der Waals surface area contributed by atoms with Crippen LogP contribution in [0.1, 0.15) is 34.4 Å². The second kappa shape index (κ2) is 6.87. The Hall–Kier alpha value is -2.99. The maximum atomic E-state index is 14.1. The quantitative estimate of drug-likeness (QED) is 0.451. The van der Waals surface area contributed by atoms with Crippen LogP contribution in [-0.4, -0.2) is 22.3 Å². The number of hydrogen-bond donors (Lipinski definition) is 0. The molecule has 4 aromatic rings. The molecule has 140 valence electrons. The number of oxazole rings is 1. The number of likely N-dealkylation sites (tertiary alicyclic amines) is 1. The van der Waals surface area contributed by atoms with Gasteiger partial charge in [0, 0.05) is 12.1 Å². The number of rotatable bonds is 3. The topological polar surface area (TPSA) is 46.3 Å². The van der Waals surface area contributed by atoms with Crippen molar-refractivity contribution in [3.05, 3.63) is 76.6 Å². The van der Waals surface area contributed by atoms with Crippen LogP contribution in [0.15, 0.2) is 64.4 Å². The molecule has 6 heteroatoms. The summed E-state index contributed by atoms with van der Waals surface area (Å²) in [7, 11) is 0. The average molecular weight is 392 g/mol. The maximum Gasteiger partial charge on any atom is 0.264 e. The van der Waals surface area contributed by atoms with Crippen molar-refractivity contribution < 1.29 is 13.6 Å². The van der Waals surface area contributed by atoms with Crippen LogP contribution in [0.4, 0.5) is 4.39 Å². The Morgan fingerprint density at radius 1 is 1.18 bits per heavy atom. The van der Waals surface area contributed by atoms with Crippen molar-refractivity contribution >= 4 is 28.3 Å². The van der Waals surface area contributed by atoms with Gasteiger partial charge in [-0.1, -0.05) is 30.3 Å². The predicted molar refractivity (Wildman–Crippen MR) is 107 cm³/mol. The molecule has 2 aromatic carbocycles. The Morgan fingerprint density at radius 2 is 2.07 bits per heavy atom. The number of amides is 1. The molecule has 0 spiro atoms. The smallest absolute Gasteiger partial charge is 0.264 e. The summed E-state index contributed by atoms with van der Waals surface area (Å²) in [5, 5.41) is 1.90. The van der Waals surface area contributed by atoms with Crippen molar-refractivity contribution in [3.63, 3.8) is 0 Å². The molecule has 0 unspecified atom stereocenters. The summed E-state index contributed by atoms with van der Waals surface area (Å²) >= 11 is 1.44. The van der Waals surface area contributed by atoms with Gasteiger partial charge in [-0.15, -0.1) is 11.3 Å². The standard InChI is InChI=1S/C22H17FN2O2S/c23-16-6-2-1-5-15(16)14-9-10-19-17(13-14)24-21(27-19)18-7-3-11-25(18)22(26)20-8-4-12-28-20/h1-2,4-6,8-10,12-13,18H,3,7,11H2/t18-/m0/s1. The van der Waals surface area contributed by atoms with E-state index in [1.54, 1.807) is 12.1 Å². The lowest BCUT2D eigenvalue weighted by atomic mass is 10.0. The van der Waals surface area contributed by atoms with Crippen LogP contribution >= 0.6 is 11.3 Å². The average Bonchev–Trinajstić information content (AvgIpc) is 3.47. The van der Waals surface area contributed by atoms with Crippen molar-refractivity contribution in [3.8, 4) is 11.1 Å². The van der Waals surface area contributed by atoms with E-state index in [1.807, 2.05) is 46.7 Å². The van der Waals surface area contributed by atoms with Crippen LogP contribution in [0.2, 0.25) is 0 Å². The fourth-order valence-corrected chi connectivity index (χ4v) is 4.44. The number of thiophene rings is 1. The minimum atomic E-state index is -0.269. The highest BCUT2D eigenvalue weighted by Crippen LogP contribution is 2.35. The molecule has 1 fully saturated rings. The second-order valence-electron chi connectivity index (χ2n) is 6.85. The molecule has 0 aliphatic carbocycles. The zero-order valence-corrected chi connectivity index (χ0v) is 15.8. The lowest BCUT2D eigenvalue weighted by molar-refractivity contribution is 0.0722. The maximum absolute atomic E-state index is 14.1. The van der Waals surface area contributed by atoms with Gasteiger partial charge in [0.15, 0.2) is 5.58 Å². The lowest BCUT2D eigenvalue weighted by Crippen LogP contribution is -2.30. The molecule has 1 aliphatic heterocycles. The Bertz CT molecular complexity index is 1150. The predicted octanol–water partition coefficient (Wildman–Crippen LogP) is 5.67. The molecule has 0 radical (unpaired) electrons. The van der Waals surface area contributed by atoms with E-state index >= 15 is 0 Å². The highest BCUT2D eigenvalue weighted by Gasteiger charge is 2.34. The van der Waals surface area contributed by atoms with Crippen molar-refractivity contribution in [1.82, 2.24) is 9.88 Å². The Kier molecular flexibility index (Phi) is 4.20. The first-order valence-corrected chi connectivity index (χ1v) is 10.1. The number of halogens is 1. The van der Waals surface area contributed by atoms with Crippen LogP contribution in [0.25, 0.3) is 22.2 Å². The summed E-state index contributed by atoms with van der Waals surface area (Å²) in [5.41, 5.74) is 2.60. The number of nitrogens with zero attached hydrogens (tertiary/aromatic N) is 2. The first kappa shape index (κ1) is 17.1. The van der Waals surface area contributed by atoms with Crippen LogP contribution < -0.4 is 0 Å². The highest BCUT2D eigenvalue weighted by molar-refractivity contribution is 7.12. The summed E-state index contributed by atoms with van der Waals surface area (Å²) in [6.45, 7) is 0.695. The number of benzene rings is 2. The molecule has 1 atom stereocenters. The monoisotopic (exact) mass is 392 g/mol. The molecule has 0 N–H and O–H groups in total. The summed E-state index contributed by atoms with van der Waals surface area (Å²) < 4.78 is 20.1. The Balaban J connectivity index is 1.49. The fourth-order valence-electron chi connectivity index (χ4n) is 3.76.